The van der Waals surface area contributed by atoms with Crippen molar-refractivity contribution in [1.29, 1.82) is 0 Å². The zero-order valence-corrected chi connectivity index (χ0v) is 20.1. The van der Waals surface area contributed by atoms with E-state index in [1.807, 2.05) is 13.1 Å². The van der Waals surface area contributed by atoms with Gasteiger partial charge < -0.3 is 0 Å². The molecule has 1 aromatic heterocycles. The van der Waals surface area contributed by atoms with Gasteiger partial charge in [-0.1, -0.05) is 78.3 Å². The van der Waals surface area contributed by atoms with Crippen LogP contribution in [0, 0.1) is 17.3 Å². The summed E-state index contributed by atoms with van der Waals surface area (Å²) in [6, 6.07) is 8.50. The molecular formula is C29H36FN. The number of halogens is 1. The highest BCUT2D eigenvalue weighted by atomic mass is 19.1. The predicted molar refractivity (Wildman–Crippen MR) is 131 cm³/mol. The summed E-state index contributed by atoms with van der Waals surface area (Å²) >= 11 is 0. The van der Waals surface area contributed by atoms with Crippen LogP contribution in [-0.2, 0) is 5.41 Å². The second kappa shape index (κ2) is 7.73. The van der Waals surface area contributed by atoms with Crippen molar-refractivity contribution in [3.8, 4) is 0 Å². The quantitative estimate of drug-likeness (QED) is 0.444. The van der Waals surface area contributed by atoms with Gasteiger partial charge in [-0.25, -0.2) is 4.39 Å². The van der Waals surface area contributed by atoms with Gasteiger partial charge in [-0.15, -0.1) is 0 Å². The zero-order chi connectivity index (χ0) is 22.6. The van der Waals surface area contributed by atoms with E-state index in [1.54, 1.807) is 0 Å². The van der Waals surface area contributed by atoms with Gasteiger partial charge in [0.25, 0.3) is 0 Å². The number of fused-ring (bicyclic) bond motifs is 1. The number of aromatic nitrogens is 1. The Kier molecular flexibility index (Phi) is 5.48. The molecule has 3 atom stereocenters. The molecule has 2 aromatic rings. The molecule has 164 valence electrons. The minimum Gasteiger partial charge on any atom is -0.256 e. The Balaban J connectivity index is 2.10. The number of allylic oxidation sites excluding steroid dienone is 6. The van der Waals surface area contributed by atoms with Gasteiger partial charge in [0.1, 0.15) is 5.83 Å². The Morgan fingerprint density at radius 2 is 2.00 bits per heavy atom. The van der Waals surface area contributed by atoms with Crippen molar-refractivity contribution >= 4 is 16.3 Å². The van der Waals surface area contributed by atoms with Crippen molar-refractivity contribution < 1.29 is 4.39 Å². The summed E-state index contributed by atoms with van der Waals surface area (Å²) < 4.78 is 16.0. The monoisotopic (exact) mass is 417 g/mol. The van der Waals surface area contributed by atoms with Crippen LogP contribution in [0.2, 0.25) is 0 Å². The molecule has 2 aliphatic rings. The van der Waals surface area contributed by atoms with Crippen LogP contribution in [0.5, 0.6) is 0 Å². The molecule has 31 heavy (non-hydrogen) atoms. The van der Waals surface area contributed by atoms with Gasteiger partial charge in [0.05, 0.1) is 5.69 Å². The molecule has 4 rings (SSSR count). The van der Waals surface area contributed by atoms with Gasteiger partial charge in [-0.3, -0.25) is 4.98 Å². The molecule has 0 aliphatic heterocycles. The van der Waals surface area contributed by atoms with Gasteiger partial charge in [-0.2, -0.15) is 0 Å². The summed E-state index contributed by atoms with van der Waals surface area (Å²) in [6.45, 7) is 15.5. The van der Waals surface area contributed by atoms with E-state index in [1.165, 1.54) is 16.3 Å². The van der Waals surface area contributed by atoms with Gasteiger partial charge in [0.15, 0.2) is 0 Å². The Morgan fingerprint density at radius 3 is 2.68 bits per heavy atom. The van der Waals surface area contributed by atoms with Crippen LogP contribution < -0.4 is 0 Å². The predicted octanol–water partition coefficient (Wildman–Crippen LogP) is 8.56. The third-order valence-electron chi connectivity index (χ3n) is 8.20. The van der Waals surface area contributed by atoms with Crippen molar-refractivity contribution in [2.75, 3.05) is 0 Å². The molecule has 1 aromatic carbocycles. The molecule has 2 aliphatic carbocycles. The fourth-order valence-electron chi connectivity index (χ4n) is 5.95. The number of benzene rings is 1. The van der Waals surface area contributed by atoms with E-state index >= 15 is 4.39 Å². The first kappa shape index (κ1) is 22.0. The average Bonchev–Trinajstić information content (AvgIpc) is 2.76. The lowest BCUT2D eigenvalue weighted by atomic mass is 9.56. The summed E-state index contributed by atoms with van der Waals surface area (Å²) in [5.41, 5.74) is 4.58. The first-order valence-electron chi connectivity index (χ1n) is 11.8. The minimum absolute atomic E-state index is 0.0180. The van der Waals surface area contributed by atoms with E-state index in [2.05, 4.69) is 78.0 Å². The molecule has 1 heterocycles. The Labute approximate surface area is 187 Å². The smallest absolute Gasteiger partial charge is 0.126 e. The van der Waals surface area contributed by atoms with Crippen molar-refractivity contribution in [3.05, 3.63) is 70.8 Å². The fourth-order valence-corrected chi connectivity index (χ4v) is 5.95. The summed E-state index contributed by atoms with van der Waals surface area (Å²) in [5.74, 6) is 0.656. The molecule has 0 spiro atoms. The third kappa shape index (κ3) is 3.13. The van der Waals surface area contributed by atoms with Crippen molar-refractivity contribution in [1.82, 2.24) is 4.98 Å². The summed E-state index contributed by atoms with van der Waals surface area (Å²) in [4.78, 5) is 4.90. The Morgan fingerprint density at radius 1 is 1.26 bits per heavy atom. The Hall–Kier alpha value is -2.22. The van der Waals surface area contributed by atoms with Crippen LogP contribution in [0.25, 0.3) is 16.3 Å². The van der Waals surface area contributed by atoms with E-state index < -0.39 is 5.41 Å². The normalized spacial score (nSPS) is 23.3. The fraction of sp³-hybridized carbons (Fsp3) is 0.483. The molecule has 0 amide bonds. The van der Waals surface area contributed by atoms with Crippen molar-refractivity contribution in [3.63, 3.8) is 0 Å². The van der Waals surface area contributed by atoms with Crippen LogP contribution in [0.3, 0.4) is 0 Å². The van der Waals surface area contributed by atoms with Crippen molar-refractivity contribution in [2.45, 2.75) is 73.1 Å². The second-order valence-corrected chi connectivity index (χ2v) is 10.3. The number of nitrogens with zero attached hydrogens (tertiary/aromatic N) is 1. The lowest BCUT2D eigenvalue weighted by Crippen LogP contribution is -2.39. The number of hydrogen-bond acceptors (Lipinski definition) is 1. The van der Waals surface area contributed by atoms with Crippen LogP contribution in [-0.4, -0.2) is 4.98 Å². The van der Waals surface area contributed by atoms with Crippen LogP contribution >= 0.6 is 0 Å². The molecule has 0 saturated carbocycles. The number of pyridine rings is 1. The van der Waals surface area contributed by atoms with Crippen LogP contribution in [0.1, 0.15) is 79.0 Å². The number of hydrogen-bond donors (Lipinski definition) is 0. The lowest BCUT2D eigenvalue weighted by molar-refractivity contribution is 0.194. The van der Waals surface area contributed by atoms with Gasteiger partial charge in [-0.05, 0) is 65.2 Å². The topological polar surface area (TPSA) is 12.9 Å². The third-order valence-corrected chi connectivity index (χ3v) is 8.20. The molecule has 2 heteroatoms. The summed E-state index contributed by atoms with van der Waals surface area (Å²) in [7, 11) is 0. The first-order valence-corrected chi connectivity index (χ1v) is 11.8. The molecule has 0 saturated heterocycles. The first-order chi connectivity index (χ1) is 14.7. The largest absolute Gasteiger partial charge is 0.256 e. The second-order valence-electron chi connectivity index (χ2n) is 10.3. The van der Waals surface area contributed by atoms with E-state index in [0.29, 0.717) is 5.92 Å². The lowest BCUT2D eigenvalue weighted by Gasteiger charge is -2.48. The van der Waals surface area contributed by atoms with Gasteiger partial charge in [0, 0.05) is 22.6 Å². The SMILES string of the molecule is CCC=CC(C)(C(C)CC)C1CC(C)=C(F)C2=C1c1nccc3cccc(c13)C2(C)C. The van der Waals surface area contributed by atoms with Gasteiger partial charge >= 0.3 is 0 Å². The van der Waals surface area contributed by atoms with Crippen LogP contribution in [0.4, 0.5) is 4.39 Å². The maximum atomic E-state index is 16.0. The highest BCUT2D eigenvalue weighted by Gasteiger charge is 2.48. The molecule has 1 nitrogen and oxygen atoms in total. The van der Waals surface area contributed by atoms with E-state index in [4.69, 9.17) is 4.98 Å². The van der Waals surface area contributed by atoms with E-state index in [-0.39, 0.29) is 17.2 Å². The van der Waals surface area contributed by atoms with E-state index in [0.717, 1.165) is 41.7 Å². The maximum absolute atomic E-state index is 16.0. The summed E-state index contributed by atoms with van der Waals surface area (Å²) in [5, 5.41) is 2.40. The zero-order valence-electron chi connectivity index (χ0n) is 20.1. The maximum Gasteiger partial charge on any atom is 0.126 e. The number of rotatable bonds is 5. The molecule has 0 radical (unpaired) electrons. The summed E-state index contributed by atoms with van der Waals surface area (Å²) in [6.07, 6.45) is 9.46. The van der Waals surface area contributed by atoms with Crippen molar-refractivity contribution in [2.24, 2.45) is 17.3 Å². The minimum atomic E-state index is -0.403. The van der Waals surface area contributed by atoms with Gasteiger partial charge in [0.2, 0.25) is 0 Å². The average molecular weight is 418 g/mol. The standard InChI is InChI=1S/C29H36FN/c1-8-10-15-29(7,19(4)9-2)22-17-18(3)26(30)25-24(22)27-23-20(14-16-31-27)12-11-13-21(23)28(25,5)6/h10-16,19,22H,8-9,17H2,1-7H3. The Bertz CT molecular complexity index is 1110. The molecule has 0 bridgehead atoms. The van der Waals surface area contributed by atoms with Crippen LogP contribution in [0.15, 0.2) is 59.6 Å². The molecular weight excluding hydrogens is 381 g/mol. The highest BCUT2D eigenvalue weighted by molar-refractivity contribution is 6.01. The van der Waals surface area contributed by atoms with E-state index in [9.17, 15) is 0 Å². The molecule has 0 fully saturated rings. The molecule has 3 unspecified atom stereocenters. The highest BCUT2D eigenvalue weighted by Crippen LogP contribution is 2.59. The molecule has 0 N–H and O–H groups in total.